The van der Waals surface area contributed by atoms with Crippen LogP contribution in [0.2, 0.25) is 0 Å². The van der Waals surface area contributed by atoms with Gasteiger partial charge >= 0.3 is 0 Å². The van der Waals surface area contributed by atoms with Crippen molar-refractivity contribution in [2.24, 2.45) is 4.99 Å². The molecule has 2 aliphatic rings. The maximum atomic E-state index is 4.41. The lowest BCUT2D eigenvalue weighted by Crippen LogP contribution is -2.42. The highest BCUT2D eigenvalue weighted by Gasteiger charge is 2.23. The van der Waals surface area contributed by atoms with E-state index in [0.29, 0.717) is 12.6 Å². The van der Waals surface area contributed by atoms with E-state index in [0.717, 1.165) is 37.1 Å². The monoisotopic (exact) mass is 509 g/mol. The van der Waals surface area contributed by atoms with Crippen LogP contribution in [0.3, 0.4) is 0 Å². The molecular formula is C21H32IN7. The average molecular weight is 509 g/mol. The van der Waals surface area contributed by atoms with Gasteiger partial charge in [0.05, 0.1) is 12.6 Å². The number of halogens is 1. The number of hydrogen-bond acceptors (Lipinski definition) is 4. The summed E-state index contributed by atoms with van der Waals surface area (Å²) in [5.41, 5.74) is 1.36. The van der Waals surface area contributed by atoms with Gasteiger partial charge in [-0.1, -0.05) is 30.3 Å². The van der Waals surface area contributed by atoms with Crippen LogP contribution in [0.15, 0.2) is 35.3 Å². The predicted octanol–water partition coefficient (Wildman–Crippen LogP) is 2.73. The molecule has 1 atom stereocenters. The number of aryl methyl sites for hydroxylation is 1. The molecule has 29 heavy (non-hydrogen) atoms. The second kappa shape index (κ2) is 10.9. The lowest BCUT2D eigenvalue weighted by Gasteiger charge is -2.29. The van der Waals surface area contributed by atoms with Crippen molar-refractivity contribution in [3.8, 4) is 0 Å². The van der Waals surface area contributed by atoms with Crippen molar-refractivity contribution in [2.45, 2.75) is 51.2 Å². The van der Waals surface area contributed by atoms with Gasteiger partial charge in [-0.25, -0.2) is 0 Å². The summed E-state index contributed by atoms with van der Waals surface area (Å²) in [6, 6.07) is 11.1. The van der Waals surface area contributed by atoms with E-state index in [1.165, 1.54) is 44.3 Å². The number of likely N-dealkylation sites (tertiary alicyclic amines) is 1. The number of fused-ring (bicyclic) bond motifs is 1. The van der Waals surface area contributed by atoms with E-state index >= 15 is 0 Å². The van der Waals surface area contributed by atoms with Crippen LogP contribution in [0.4, 0.5) is 0 Å². The Hall–Kier alpha value is -1.68. The topological polar surface area (TPSA) is 70.4 Å². The molecular weight excluding hydrogens is 477 g/mol. The molecule has 2 aliphatic heterocycles. The van der Waals surface area contributed by atoms with Gasteiger partial charge in [0.1, 0.15) is 5.82 Å². The van der Waals surface area contributed by atoms with Crippen LogP contribution in [0.1, 0.15) is 48.9 Å². The van der Waals surface area contributed by atoms with Gasteiger partial charge in [-0.2, -0.15) is 0 Å². The molecule has 8 heteroatoms. The lowest BCUT2D eigenvalue weighted by molar-refractivity contribution is 0.245. The summed E-state index contributed by atoms with van der Waals surface area (Å²) >= 11 is 0. The molecule has 0 aliphatic carbocycles. The smallest absolute Gasteiger partial charge is 0.191 e. The Balaban J connectivity index is 0.00000240. The minimum atomic E-state index is 0. The van der Waals surface area contributed by atoms with Gasteiger partial charge in [-0.3, -0.25) is 9.89 Å². The van der Waals surface area contributed by atoms with Crippen LogP contribution in [-0.2, 0) is 19.5 Å². The van der Waals surface area contributed by atoms with Gasteiger partial charge < -0.3 is 15.2 Å². The van der Waals surface area contributed by atoms with E-state index in [1.54, 1.807) is 0 Å². The van der Waals surface area contributed by atoms with Crippen LogP contribution in [-0.4, -0.2) is 52.3 Å². The first-order chi connectivity index (χ1) is 13.8. The molecule has 1 fully saturated rings. The Morgan fingerprint density at radius 3 is 2.55 bits per heavy atom. The van der Waals surface area contributed by atoms with Crippen LogP contribution < -0.4 is 10.6 Å². The summed E-state index contributed by atoms with van der Waals surface area (Å²) in [6.45, 7) is 4.84. The van der Waals surface area contributed by atoms with E-state index in [4.69, 9.17) is 0 Å². The first kappa shape index (κ1) is 22.0. The normalized spacial score (nSPS) is 18.0. The maximum absolute atomic E-state index is 4.41. The molecule has 1 unspecified atom stereocenters. The third-order valence-corrected chi connectivity index (χ3v) is 5.80. The Bertz CT molecular complexity index is 784. The molecule has 0 spiro atoms. The van der Waals surface area contributed by atoms with E-state index in [-0.39, 0.29) is 24.0 Å². The standard InChI is InChI=1S/C21H31N7.HI/c1-22-21(24-16-20-26-25-19-11-5-6-14-28(19)20)23-15-18(27-12-7-8-13-27)17-9-3-2-4-10-17;/h2-4,9-10,18H,5-8,11-16H2,1H3,(H2,22,23,24);1H. The summed E-state index contributed by atoms with van der Waals surface area (Å²) in [4.78, 5) is 6.98. The second-order valence-corrected chi connectivity index (χ2v) is 7.62. The van der Waals surface area contributed by atoms with E-state index < -0.39 is 0 Å². The highest BCUT2D eigenvalue weighted by molar-refractivity contribution is 14.0. The molecule has 0 amide bonds. The van der Waals surface area contributed by atoms with Gasteiger partial charge in [0.2, 0.25) is 0 Å². The third kappa shape index (κ3) is 5.48. The molecule has 3 heterocycles. The van der Waals surface area contributed by atoms with Crippen LogP contribution in [0.5, 0.6) is 0 Å². The highest BCUT2D eigenvalue weighted by Crippen LogP contribution is 2.24. The third-order valence-electron chi connectivity index (χ3n) is 5.80. The van der Waals surface area contributed by atoms with E-state index in [2.05, 4.69) is 65.6 Å². The van der Waals surface area contributed by atoms with Gasteiger partial charge in [0.25, 0.3) is 0 Å². The first-order valence-corrected chi connectivity index (χ1v) is 10.5. The van der Waals surface area contributed by atoms with E-state index in [9.17, 15) is 0 Å². The molecule has 1 aromatic heterocycles. The second-order valence-electron chi connectivity index (χ2n) is 7.62. The van der Waals surface area contributed by atoms with Crippen molar-refractivity contribution in [2.75, 3.05) is 26.7 Å². The summed E-state index contributed by atoms with van der Waals surface area (Å²) < 4.78 is 2.25. The maximum Gasteiger partial charge on any atom is 0.191 e. The predicted molar refractivity (Wildman–Crippen MR) is 127 cm³/mol. The Morgan fingerprint density at radius 2 is 1.79 bits per heavy atom. The minimum absolute atomic E-state index is 0. The van der Waals surface area contributed by atoms with Crippen LogP contribution in [0, 0.1) is 0 Å². The fraction of sp³-hybridized carbons (Fsp3) is 0.571. The molecule has 7 nitrogen and oxygen atoms in total. The fourth-order valence-corrected chi connectivity index (χ4v) is 4.26. The Labute approximate surface area is 190 Å². The van der Waals surface area contributed by atoms with E-state index in [1.807, 2.05) is 7.05 Å². The zero-order valence-corrected chi connectivity index (χ0v) is 19.5. The van der Waals surface area contributed by atoms with Crippen LogP contribution >= 0.6 is 24.0 Å². The minimum Gasteiger partial charge on any atom is -0.354 e. The number of rotatable bonds is 6. The van der Waals surface area contributed by atoms with Gasteiger partial charge in [0, 0.05) is 26.6 Å². The van der Waals surface area contributed by atoms with Crippen molar-refractivity contribution in [1.82, 2.24) is 30.3 Å². The zero-order chi connectivity index (χ0) is 19.2. The molecule has 1 saturated heterocycles. The Kier molecular flexibility index (Phi) is 8.29. The summed E-state index contributed by atoms with van der Waals surface area (Å²) in [5.74, 6) is 2.93. The number of nitrogens with zero attached hydrogens (tertiary/aromatic N) is 5. The number of benzene rings is 1. The summed E-state index contributed by atoms with van der Waals surface area (Å²) in [7, 11) is 1.82. The quantitative estimate of drug-likeness (QED) is 0.356. The van der Waals surface area contributed by atoms with Gasteiger partial charge in [0.15, 0.2) is 11.8 Å². The molecule has 2 aromatic rings. The SMILES string of the molecule is CN=C(NCc1nnc2n1CCCC2)NCC(c1ccccc1)N1CCCC1.I. The summed E-state index contributed by atoms with van der Waals surface area (Å²) in [5, 5.41) is 15.6. The molecule has 0 radical (unpaired) electrons. The molecule has 0 saturated carbocycles. The lowest BCUT2D eigenvalue weighted by atomic mass is 10.1. The summed E-state index contributed by atoms with van der Waals surface area (Å²) in [6.07, 6.45) is 6.03. The van der Waals surface area contributed by atoms with Gasteiger partial charge in [-0.15, -0.1) is 34.2 Å². The van der Waals surface area contributed by atoms with Crippen molar-refractivity contribution in [3.05, 3.63) is 47.5 Å². The number of aliphatic imine (C=N–C) groups is 1. The van der Waals surface area contributed by atoms with Crippen molar-refractivity contribution in [1.29, 1.82) is 0 Å². The van der Waals surface area contributed by atoms with Crippen molar-refractivity contribution >= 4 is 29.9 Å². The molecule has 1 aromatic carbocycles. The van der Waals surface area contributed by atoms with Crippen LogP contribution in [0.25, 0.3) is 0 Å². The molecule has 4 rings (SSSR count). The van der Waals surface area contributed by atoms with Crippen molar-refractivity contribution < 1.29 is 0 Å². The number of nitrogens with one attached hydrogen (secondary N) is 2. The fourth-order valence-electron chi connectivity index (χ4n) is 4.26. The molecule has 158 valence electrons. The number of guanidine groups is 1. The highest BCUT2D eigenvalue weighted by atomic mass is 127. The van der Waals surface area contributed by atoms with Gasteiger partial charge in [-0.05, 0) is 44.3 Å². The molecule has 2 N–H and O–H groups in total. The largest absolute Gasteiger partial charge is 0.354 e. The number of hydrogen-bond donors (Lipinski definition) is 2. The van der Waals surface area contributed by atoms with Crippen molar-refractivity contribution in [3.63, 3.8) is 0 Å². The zero-order valence-electron chi connectivity index (χ0n) is 17.2. The Morgan fingerprint density at radius 1 is 1.03 bits per heavy atom. The first-order valence-electron chi connectivity index (χ1n) is 10.5. The average Bonchev–Trinajstić information content (AvgIpc) is 3.42. The molecule has 0 bridgehead atoms. The number of aromatic nitrogens is 3.